The van der Waals surface area contributed by atoms with Crippen LogP contribution in [0.3, 0.4) is 0 Å². The number of nitrogens with zero attached hydrogens (tertiary/aromatic N) is 1. The van der Waals surface area contributed by atoms with Crippen molar-refractivity contribution < 1.29 is 14.4 Å². The van der Waals surface area contributed by atoms with E-state index >= 15 is 0 Å². The Labute approximate surface area is 93.9 Å². The number of oxime groups is 1. The second-order valence-electron chi connectivity index (χ2n) is 3.65. The van der Waals surface area contributed by atoms with Crippen LogP contribution in [0.5, 0.6) is 0 Å². The molecular weight excluding hydrogens is 206 g/mol. The summed E-state index contributed by atoms with van der Waals surface area (Å²) in [7, 11) is 1.62. The molecule has 0 amide bonds. The molecule has 0 saturated carbocycles. The van der Waals surface area contributed by atoms with Crippen LogP contribution in [0.2, 0.25) is 0 Å². The predicted octanol–water partition coefficient (Wildman–Crippen LogP) is 1.52. The molecule has 0 spiro atoms. The Morgan fingerprint density at radius 1 is 1.44 bits per heavy atom. The minimum Gasteiger partial charge on any atom is -0.375 e. The van der Waals surface area contributed by atoms with Gasteiger partial charge in [-0.2, -0.15) is 0 Å². The van der Waals surface area contributed by atoms with Crippen LogP contribution in [0.15, 0.2) is 29.4 Å². The first-order valence-electron chi connectivity index (χ1n) is 5.09. The number of ether oxygens (including phenoxy) is 1. The Morgan fingerprint density at radius 3 is 2.88 bits per heavy atom. The lowest BCUT2D eigenvalue weighted by molar-refractivity contribution is -0.141. The molecule has 1 aromatic carbocycles. The standard InChI is InChI=1S/C12H13NO3/c1-8(14)16-13-12-10-6-4-3-5-9(10)7-11(12)15-2/h3-6,11H,7H2,1-2H3. The van der Waals surface area contributed by atoms with Crippen LogP contribution in [0, 0.1) is 0 Å². The number of fused-ring (bicyclic) bond motifs is 1. The van der Waals surface area contributed by atoms with E-state index in [1.165, 1.54) is 12.5 Å². The van der Waals surface area contributed by atoms with Crippen LogP contribution < -0.4 is 0 Å². The van der Waals surface area contributed by atoms with Crippen molar-refractivity contribution in [3.05, 3.63) is 35.4 Å². The number of methoxy groups -OCH3 is 1. The van der Waals surface area contributed by atoms with E-state index in [0.29, 0.717) is 5.71 Å². The average molecular weight is 219 g/mol. The molecule has 4 nitrogen and oxygen atoms in total. The molecular formula is C12H13NO3. The Morgan fingerprint density at radius 2 is 2.19 bits per heavy atom. The van der Waals surface area contributed by atoms with Gasteiger partial charge in [0, 0.05) is 26.0 Å². The molecule has 0 aliphatic heterocycles. The van der Waals surface area contributed by atoms with Crippen molar-refractivity contribution in [3.63, 3.8) is 0 Å². The fourth-order valence-corrected chi connectivity index (χ4v) is 1.83. The molecule has 1 aliphatic rings. The molecule has 1 aliphatic carbocycles. The number of carbonyl (C=O) groups excluding carboxylic acids is 1. The molecule has 1 aromatic rings. The monoisotopic (exact) mass is 219 g/mol. The van der Waals surface area contributed by atoms with Crippen molar-refractivity contribution in [1.82, 2.24) is 0 Å². The lowest BCUT2D eigenvalue weighted by Gasteiger charge is -2.07. The topological polar surface area (TPSA) is 47.9 Å². The van der Waals surface area contributed by atoms with Gasteiger partial charge in [-0.05, 0) is 5.56 Å². The van der Waals surface area contributed by atoms with Gasteiger partial charge < -0.3 is 9.57 Å². The summed E-state index contributed by atoms with van der Waals surface area (Å²) in [6.45, 7) is 1.33. The van der Waals surface area contributed by atoms with Gasteiger partial charge >= 0.3 is 5.97 Å². The maximum Gasteiger partial charge on any atom is 0.331 e. The zero-order chi connectivity index (χ0) is 11.5. The maximum absolute atomic E-state index is 10.7. The molecule has 4 heteroatoms. The summed E-state index contributed by atoms with van der Waals surface area (Å²) in [6.07, 6.45) is 0.643. The third kappa shape index (κ3) is 1.97. The molecule has 1 unspecified atom stereocenters. The van der Waals surface area contributed by atoms with Crippen LogP contribution in [-0.4, -0.2) is 24.9 Å². The van der Waals surface area contributed by atoms with Gasteiger partial charge in [-0.1, -0.05) is 29.4 Å². The van der Waals surface area contributed by atoms with Gasteiger partial charge in [0.05, 0.1) is 0 Å². The zero-order valence-corrected chi connectivity index (χ0v) is 9.27. The highest BCUT2D eigenvalue weighted by atomic mass is 16.7. The highest BCUT2D eigenvalue weighted by molar-refractivity contribution is 6.07. The Bertz CT molecular complexity index is 440. The summed E-state index contributed by atoms with van der Waals surface area (Å²) in [5.41, 5.74) is 2.85. The molecule has 16 heavy (non-hydrogen) atoms. The van der Waals surface area contributed by atoms with Gasteiger partial charge in [0.1, 0.15) is 11.8 Å². The first-order valence-corrected chi connectivity index (χ1v) is 5.09. The third-order valence-electron chi connectivity index (χ3n) is 2.56. The Kier molecular flexibility index (Phi) is 3.01. The number of hydrogen-bond acceptors (Lipinski definition) is 4. The molecule has 0 bridgehead atoms. The largest absolute Gasteiger partial charge is 0.375 e. The van der Waals surface area contributed by atoms with E-state index in [4.69, 9.17) is 4.74 Å². The van der Waals surface area contributed by atoms with Gasteiger partial charge in [0.15, 0.2) is 0 Å². The lowest BCUT2D eigenvalue weighted by Crippen LogP contribution is -2.19. The number of benzene rings is 1. The fourth-order valence-electron chi connectivity index (χ4n) is 1.83. The summed E-state index contributed by atoms with van der Waals surface area (Å²) in [4.78, 5) is 15.4. The third-order valence-corrected chi connectivity index (χ3v) is 2.56. The number of rotatable bonds is 2. The smallest absolute Gasteiger partial charge is 0.331 e. The maximum atomic E-state index is 10.7. The van der Waals surface area contributed by atoms with Crippen LogP contribution in [0.1, 0.15) is 18.1 Å². The summed E-state index contributed by atoms with van der Waals surface area (Å²) >= 11 is 0. The molecule has 1 atom stereocenters. The van der Waals surface area contributed by atoms with E-state index in [-0.39, 0.29) is 6.10 Å². The van der Waals surface area contributed by atoms with Crippen LogP contribution in [0.4, 0.5) is 0 Å². The molecule has 0 radical (unpaired) electrons. The van der Waals surface area contributed by atoms with Gasteiger partial charge in [0.2, 0.25) is 0 Å². The van der Waals surface area contributed by atoms with E-state index in [2.05, 4.69) is 9.99 Å². The molecule has 0 aromatic heterocycles. The minimum atomic E-state index is -0.424. The molecule has 0 N–H and O–H groups in total. The van der Waals surface area contributed by atoms with Crippen LogP contribution >= 0.6 is 0 Å². The second kappa shape index (κ2) is 4.45. The molecule has 2 rings (SSSR count). The van der Waals surface area contributed by atoms with Crippen molar-refractivity contribution in [2.45, 2.75) is 19.4 Å². The molecule has 0 saturated heterocycles. The minimum absolute atomic E-state index is 0.128. The lowest BCUT2D eigenvalue weighted by atomic mass is 10.1. The van der Waals surface area contributed by atoms with Gasteiger partial charge in [-0.15, -0.1) is 0 Å². The van der Waals surface area contributed by atoms with Crippen LogP contribution in [0.25, 0.3) is 0 Å². The van der Waals surface area contributed by atoms with E-state index in [0.717, 1.165) is 12.0 Å². The average Bonchev–Trinajstić information content (AvgIpc) is 2.64. The molecule has 0 heterocycles. The summed E-state index contributed by atoms with van der Waals surface area (Å²) < 4.78 is 5.32. The van der Waals surface area contributed by atoms with Gasteiger partial charge in [-0.25, -0.2) is 4.79 Å². The highest BCUT2D eigenvalue weighted by Gasteiger charge is 2.28. The summed E-state index contributed by atoms with van der Waals surface area (Å²) in [5, 5.41) is 3.86. The van der Waals surface area contributed by atoms with Crippen LogP contribution in [-0.2, 0) is 20.8 Å². The first kappa shape index (κ1) is 10.8. The quantitative estimate of drug-likeness (QED) is 0.559. The highest BCUT2D eigenvalue weighted by Crippen LogP contribution is 2.24. The summed E-state index contributed by atoms with van der Waals surface area (Å²) in [6, 6.07) is 7.88. The molecule has 0 fully saturated rings. The summed E-state index contributed by atoms with van der Waals surface area (Å²) in [5.74, 6) is -0.424. The van der Waals surface area contributed by atoms with E-state index in [1.807, 2.05) is 24.3 Å². The van der Waals surface area contributed by atoms with Crippen molar-refractivity contribution in [2.24, 2.45) is 5.16 Å². The van der Waals surface area contributed by atoms with Gasteiger partial charge in [0.25, 0.3) is 0 Å². The fraction of sp³-hybridized carbons (Fsp3) is 0.333. The zero-order valence-electron chi connectivity index (χ0n) is 9.27. The van der Waals surface area contributed by atoms with Crippen molar-refractivity contribution in [3.8, 4) is 0 Å². The second-order valence-corrected chi connectivity index (χ2v) is 3.65. The Balaban J connectivity index is 2.34. The van der Waals surface area contributed by atoms with E-state index in [9.17, 15) is 4.79 Å². The normalized spacial score (nSPS) is 20.9. The van der Waals surface area contributed by atoms with E-state index < -0.39 is 5.97 Å². The first-order chi connectivity index (χ1) is 7.72. The number of carbonyl (C=O) groups is 1. The van der Waals surface area contributed by atoms with Gasteiger partial charge in [-0.3, -0.25) is 0 Å². The molecule has 84 valence electrons. The number of hydrogen-bond donors (Lipinski definition) is 0. The van der Waals surface area contributed by atoms with Crippen molar-refractivity contribution in [2.75, 3.05) is 7.11 Å². The predicted molar refractivity (Wildman–Crippen MR) is 59.2 cm³/mol. The van der Waals surface area contributed by atoms with E-state index in [1.54, 1.807) is 7.11 Å². The SMILES string of the molecule is COC1Cc2ccccc2C1=NOC(C)=O. The Hall–Kier alpha value is -1.68. The van der Waals surface area contributed by atoms with Crippen molar-refractivity contribution in [1.29, 1.82) is 0 Å². The van der Waals surface area contributed by atoms with Crippen molar-refractivity contribution >= 4 is 11.7 Å².